The summed E-state index contributed by atoms with van der Waals surface area (Å²) in [4.78, 5) is 30.8. The van der Waals surface area contributed by atoms with E-state index in [9.17, 15) is 19.9 Å². The molecule has 3 heterocycles. The SMILES string of the molecule is O=C(NO)c1c(C2CCC3CCCCC3O2)n(-c2cccnc2)c(O)c(-c2ccccc2)c1=O. The predicted octanol–water partition coefficient (Wildman–Crippen LogP) is 4.13. The Kier molecular flexibility index (Phi) is 6.17. The van der Waals surface area contributed by atoms with Crippen molar-refractivity contribution >= 4 is 5.91 Å². The van der Waals surface area contributed by atoms with Crippen LogP contribution in [0.25, 0.3) is 16.8 Å². The van der Waals surface area contributed by atoms with Crippen LogP contribution in [0.5, 0.6) is 5.88 Å². The average molecular weight is 462 g/mol. The highest BCUT2D eigenvalue weighted by atomic mass is 16.5. The van der Waals surface area contributed by atoms with Gasteiger partial charge in [0.05, 0.1) is 35.3 Å². The Bertz CT molecular complexity index is 1240. The summed E-state index contributed by atoms with van der Waals surface area (Å²) in [6.07, 6.45) is 8.37. The lowest BCUT2D eigenvalue weighted by Gasteiger charge is -2.40. The van der Waals surface area contributed by atoms with E-state index >= 15 is 0 Å². The molecule has 2 aromatic heterocycles. The molecule has 3 N–H and O–H groups in total. The molecule has 1 saturated heterocycles. The van der Waals surface area contributed by atoms with E-state index < -0.39 is 17.4 Å². The number of rotatable bonds is 4. The van der Waals surface area contributed by atoms with Gasteiger partial charge in [0.25, 0.3) is 5.91 Å². The van der Waals surface area contributed by atoms with Gasteiger partial charge in [-0.1, -0.05) is 43.2 Å². The average Bonchev–Trinajstić information content (AvgIpc) is 2.89. The van der Waals surface area contributed by atoms with Crippen LogP contribution >= 0.6 is 0 Å². The molecule has 2 aliphatic rings. The van der Waals surface area contributed by atoms with E-state index in [1.54, 1.807) is 60.3 Å². The minimum atomic E-state index is -0.941. The number of carbonyl (C=O) groups excluding carboxylic acids is 1. The fraction of sp³-hybridized carbons (Fsp3) is 0.346. The number of nitrogens with one attached hydrogen (secondary N) is 1. The molecule has 3 aromatic rings. The van der Waals surface area contributed by atoms with Gasteiger partial charge in [-0.3, -0.25) is 24.3 Å². The van der Waals surface area contributed by atoms with Crippen LogP contribution in [0.3, 0.4) is 0 Å². The van der Waals surface area contributed by atoms with E-state index in [0.717, 1.165) is 25.7 Å². The van der Waals surface area contributed by atoms with Crippen molar-refractivity contribution in [2.75, 3.05) is 0 Å². The first-order valence-corrected chi connectivity index (χ1v) is 11.7. The molecule has 0 spiro atoms. The molecule has 8 nitrogen and oxygen atoms in total. The summed E-state index contributed by atoms with van der Waals surface area (Å²) in [5, 5.41) is 21.0. The number of hydroxylamine groups is 1. The van der Waals surface area contributed by atoms with E-state index in [1.807, 2.05) is 0 Å². The van der Waals surface area contributed by atoms with E-state index in [2.05, 4.69) is 4.98 Å². The van der Waals surface area contributed by atoms with Crippen LogP contribution < -0.4 is 10.9 Å². The minimum absolute atomic E-state index is 0.0295. The molecule has 176 valence electrons. The highest BCUT2D eigenvalue weighted by Gasteiger charge is 2.38. The number of ether oxygens (including phenoxy) is 1. The molecular weight excluding hydrogens is 434 g/mol. The normalized spacial score (nSPS) is 22.1. The summed E-state index contributed by atoms with van der Waals surface area (Å²) in [6.45, 7) is 0. The van der Waals surface area contributed by atoms with Crippen molar-refractivity contribution in [2.45, 2.75) is 50.7 Å². The lowest BCUT2D eigenvalue weighted by atomic mass is 9.80. The summed E-state index contributed by atoms with van der Waals surface area (Å²) in [5.41, 5.74) is 1.85. The summed E-state index contributed by atoms with van der Waals surface area (Å²) in [6, 6.07) is 12.1. The molecule has 0 bridgehead atoms. The number of benzene rings is 1. The topological polar surface area (TPSA) is 114 Å². The quantitative estimate of drug-likeness (QED) is 0.398. The fourth-order valence-electron chi connectivity index (χ4n) is 5.40. The largest absolute Gasteiger partial charge is 0.494 e. The van der Waals surface area contributed by atoms with Crippen LogP contribution in [0.2, 0.25) is 0 Å². The highest BCUT2D eigenvalue weighted by molar-refractivity contribution is 5.96. The molecule has 2 fully saturated rings. The summed E-state index contributed by atoms with van der Waals surface area (Å²) < 4.78 is 7.94. The number of pyridine rings is 2. The monoisotopic (exact) mass is 461 g/mol. The Labute approximate surface area is 196 Å². The van der Waals surface area contributed by atoms with Gasteiger partial charge in [-0.15, -0.1) is 0 Å². The molecule has 8 heteroatoms. The first-order chi connectivity index (χ1) is 16.6. The Morgan fingerprint density at radius 2 is 1.85 bits per heavy atom. The maximum absolute atomic E-state index is 13.7. The molecule has 5 rings (SSSR count). The fourth-order valence-corrected chi connectivity index (χ4v) is 5.40. The van der Waals surface area contributed by atoms with Crippen LogP contribution in [-0.2, 0) is 4.74 Å². The standard InChI is InChI=1S/C26H27N3O5/c30-24-21(17-8-2-1-3-9-17)26(32)29(18-10-6-14-27-15-18)23(22(24)25(31)28-33)20-13-12-16-7-4-5-11-19(16)34-20/h1-3,6,8-10,14-16,19-20,32-33H,4-5,7,11-13H2,(H,28,31). The minimum Gasteiger partial charge on any atom is -0.494 e. The number of hydrogen-bond acceptors (Lipinski definition) is 6. The van der Waals surface area contributed by atoms with Crippen molar-refractivity contribution in [1.82, 2.24) is 15.0 Å². The third-order valence-corrected chi connectivity index (χ3v) is 6.96. The van der Waals surface area contributed by atoms with Gasteiger partial charge in [0.15, 0.2) is 0 Å². The van der Waals surface area contributed by atoms with Gasteiger partial charge in [0, 0.05) is 6.20 Å². The van der Waals surface area contributed by atoms with Gasteiger partial charge < -0.3 is 9.84 Å². The van der Waals surface area contributed by atoms with E-state index in [0.29, 0.717) is 23.6 Å². The van der Waals surface area contributed by atoms with Crippen molar-refractivity contribution in [3.05, 3.63) is 76.3 Å². The maximum Gasteiger partial charge on any atom is 0.280 e. The first-order valence-electron chi connectivity index (χ1n) is 11.7. The van der Waals surface area contributed by atoms with Crippen molar-refractivity contribution in [2.24, 2.45) is 5.92 Å². The van der Waals surface area contributed by atoms with Crippen LogP contribution in [0.4, 0.5) is 0 Å². The van der Waals surface area contributed by atoms with Crippen molar-refractivity contribution < 1.29 is 19.8 Å². The number of aromatic hydroxyl groups is 1. The van der Waals surface area contributed by atoms with Gasteiger partial charge in [-0.05, 0) is 49.3 Å². The number of carbonyl (C=O) groups is 1. The van der Waals surface area contributed by atoms with Crippen LogP contribution in [-0.4, -0.2) is 31.9 Å². The Morgan fingerprint density at radius 3 is 2.59 bits per heavy atom. The zero-order chi connectivity index (χ0) is 23.7. The Hall–Kier alpha value is -3.49. The van der Waals surface area contributed by atoms with Crippen LogP contribution in [0, 0.1) is 5.92 Å². The molecule has 3 atom stereocenters. The summed E-state index contributed by atoms with van der Waals surface area (Å²) in [7, 11) is 0. The number of fused-ring (bicyclic) bond motifs is 1. The zero-order valence-corrected chi connectivity index (χ0v) is 18.7. The van der Waals surface area contributed by atoms with Crippen molar-refractivity contribution in [3.63, 3.8) is 0 Å². The van der Waals surface area contributed by atoms with E-state index in [-0.39, 0.29) is 28.8 Å². The molecule has 34 heavy (non-hydrogen) atoms. The van der Waals surface area contributed by atoms with Crippen LogP contribution in [0.1, 0.15) is 60.7 Å². The second-order valence-corrected chi connectivity index (χ2v) is 8.93. The lowest BCUT2D eigenvalue weighted by molar-refractivity contribution is -0.103. The maximum atomic E-state index is 13.7. The van der Waals surface area contributed by atoms with Crippen molar-refractivity contribution in [1.29, 1.82) is 0 Å². The van der Waals surface area contributed by atoms with Gasteiger partial charge in [0.2, 0.25) is 11.3 Å². The number of amides is 1. The summed E-state index contributed by atoms with van der Waals surface area (Å²) in [5.74, 6) is -0.789. The van der Waals surface area contributed by atoms with E-state index in [1.165, 1.54) is 11.0 Å². The number of nitrogens with zero attached hydrogens (tertiary/aromatic N) is 2. The number of aromatic nitrogens is 2. The third kappa shape index (κ3) is 3.89. The van der Waals surface area contributed by atoms with Crippen molar-refractivity contribution in [3.8, 4) is 22.7 Å². The van der Waals surface area contributed by atoms with Crippen LogP contribution in [0.15, 0.2) is 59.7 Å². The second-order valence-electron chi connectivity index (χ2n) is 8.93. The Balaban J connectivity index is 1.79. The molecule has 1 aliphatic carbocycles. The zero-order valence-electron chi connectivity index (χ0n) is 18.7. The summed E-state index contributed by atoms with van der Waals surface area (Å²) >= 11 is 0. The third-order valence-electron chi connectivity index (χ3n) is 6.96. The molecular formula is C26H27N3O5. The lowest BCUT2D eigenvalue weighted by Crippen LogP contribution is -2.38. The predicted molar refractivity (Wildman–Crippen MR) is 125 cm³/mol. The molecule has 1 aromatic carbocycles. The first kappa shape index (κ1) is 22.3. The molecule has 1 amide bonds. The van der Waals surface area contributed by atoms with E-state index in [4.69, 9.17) is 4.74 Å². The van der Waals surface area contributed by atoms with Gasteiger partial charge in [0.1, 0.15) is 5.56 Å². The second kappa shape index (κ2) is 9.40. The molecule has 1 aliphatic heterocycles. The number of hydrogen-bond donors (Lipinski definition) is 3. The highest BCUT2D eigenvalue weighted by Crippen LogP contribution is 2.43. The molecule has 1 saturated carbocycles. The molecule has 3 unspecified atom stereocenters. The van der Waals surface area contributed by atoms with Gasteiger partial charge >= 0.3 is 0 Å². The smallest absolute Gasteiger partial charge is 0.280 e. The molecule has 0 radical (unpaired) electrons. The van der Waals surface area contributed by atoms with Gasteiger partial charge in [-0.2, -0.15) is 0 Å². The van der Waals surface area contributed by atoms with Gasteiger partial charge in [-0.25, -0.2) is 5.48 Å². The Morgan fingerprint density at radius 1 is 1.06 bits per heavy atom.